The Kier molecular flexibility index (Phi) is 6.37. The van der Waals surface area contributed by atoms with Crippen LogP contribution in [0, 0.1) is 12.8 Å². The summed E-state index contributed by atoms with van der Waals surface area (Å²) in [4.78, 5) is 38.1. The summed E-state index contributed by atoms with van der Waals surface area (Å²) in [7, 11) is 1.90. The molecule has 2 N–H and O–H groups in total. The molecule has 2 fully saturated rings. The lowest BCUT2D eigenvalue weighted by Gasteiger charge is -2.19. The molecule has 2 aliphatic carbocycles. The van der Waals surface area contributed by atoms with Gasteiger partial charge in [0.15, 0.2) is 17.3 Å². The Bertz CT molecular complexity index is 1510. The van der Waals surface area contributed by atoms with Crippen LogP contribution in [0.5, 0.6) is 0 Å². The number of nitrogens with zero attached hydrogens (tertiary/aromatic N) is 6. The van der Waals surface area contributed by atoms with Crippen molar-refractivity contribution in [2.75, 3.05) is 12.4 Å². The summed E-state index contributed by atoms with van der Waals surface area (Å²) < 4.78 is 4.89. The summed E-state index contributed by atoms with van der Waals surface area (Å²) in [5.74, 6) is 1.78. The first kappa shape index (κ1) is 24.0. The minimum absolute atomic E-state index is 0.0233. The highest BCUT2D eigenvalue weighted by atomic mass is 32.2. The van der Waals surface area contributed by atoms with E-state index in [1.807, 2.05) is 18.5 Å². The van der Waals surface area contributed by atoms with Gasteiger partial charge in [-0.05, 0) is 82.1 Å². The Morgan fingerprint density at radius 3 is 2.57 bits per heavy atom. The van der Waals surface area contributed by atoms with Crippen LogP contribution in [0.2, 0.25) is 0 Å². The fourth-order valence-corrected chi connectivity index (χ4v) is 5.33. The summed E-state index contributed by atoms with van der Waals surface area (Å²) in [6, 6.07) is 8.24. The van der Waals surface area contributed by atoms with Gasteiger partial charge in [-0.3, -0.25) is 14.1 Å². The molecule has 0 saturated heterocycles. The van der Waals surface area contributed by atoms with E-state index in [0.717, 1.165) is 53.1 Å². The van der Waals surface area contributed by atoms with Crippen LogP contribution >= 0.6 is 11.9 Å². The van der Waals surface area contributed by atoms with Gasteiger partial charge in [0.05, 0.1) is 23.1 Å². The first-order valence-corrected chi connectivity index (χ1v) is 13.6. The first-order valence-electron chi connectivity index (χ1n) is 12.8. The molecule has 4 aromatic rings. The molecule has 9 nitrogen and oxygen atoms in total. The van der Waals surface area contributed by atoms with E-state index in [-0.39, 0.29) is 11.6 Å². The Morgan fingerprint density at radius 1 is 1.08 bits per heavy atom. The zero-order valence-electron chi connectivity index (χ0n) is 21.2. The highest BCUT2D eigenvalue weighted by molar-refractivity contribution is 7.97. The predicted octanol–water partition coefficient (Wildman–Crippen LogP) is 4.64. The topological polar surface area (TPSA) is 111 Å². The Balaban J connectivity index is 1.40. The second-order valence-corrected chi connectivity index (χ2v) is 11.0. The standard InChI is InChI=1S/C27H30N8OS/c1-15-22(23(19-8-9-19)32-14-31-15)24-30-13-21-26(34-24)35(16(2)18-6-7-18)27(36)25(33-21)29-12-17-4-10-20(11-5-17)37-28-3/h4-5,10-11,13-14,16,18-19,28H,6-9,12H2,1-3H3,(H,29,33)/t16-/m0/s1. The van der Waals surface area contributed by atoms with E-state index in [0.29, 0.717) is 41.2 Å². The van der Waals surface area contributed by atoms with Crippen molar-refractivity contribution in [3.63, 3.8) is 0 Å². The third kappa shape index (κ3) is 4.83. The van der Waals surface area contributed by atoms with Crippen LogP contribution in [0.15, 0.2) is 46.5 Å². The molecule has 1 aromatic carbocycles. The molecule has 3 aromatic heterocycles. The van der Waals surface area contributed by atoms with Gasteiger partial charge in [0, 0.05) is 23.4 Å². The summed E-state index contributed by atoms with van der Waals surface area (Å²) in [5, 5.41) is 3.27. The fraction of sp³-hybridized carbons (Fsp3) is 0.407. The third-order valence-corrected chi connectivity index (χ3v) is 7.91. The van der Waals surface area contributed by atoms with E-state index in [1.165, 1.54) is 0 Å². The van der Waals surface area contributed by atoms with Gasteiger partial charge in [0.25, 0.3) is 5.56 Å². The van der Waals surface area contributed by atoms with Crippen LogP contribution in [0.1, 0.15) is 61.5 Å². The summed E-state index contributed by atoms with van der Waals surface area (Å²) in [6.07, 6.45) is 7.82. The van der Waals surface area contributed by atoms with Gasteiger partial charge in [-0.25, -0.2) is 24.9 Å². The minimum atomic E-state index is -0.151. The van der Waals surface area contributed by atoms with E-state index in [9.17, 15) is 4.79 Å². The van der Waals surface area contributed by atoms with Crippen LogP contribution in [-0.4, -0.2) is 36.5 Å². The van der Waals surface area contributed by atoms with Crippen molar-refractivity contribution in [3.05, 3.63) is 64.1 Å². The average molecular weight is 515 g/mol. The lowest BCUT2D eigenvalue weighted by molar-refractivity contribution is 0.482. The van der Waals surface area contributed by atoms with Crippen molar-refractivity contribution in [1.29, 1.82) is 0 Å². The quantitative estimate of drug-likeness (QED) is 0.309. The van der Waals surface area contributed by atoms with Crippen molar-refractivity contribution in [3.8, 4) is 11.4 Å². The number of nitrogens with one attached hydrogen (secondary N) is 2. The summed E-state index contributed by atoms with van der Waals surface area (Å²) >= 11 is 1.56. The second kappa shape index (κ2) is 9.83. The lowest BCUT2D eigenvalue weighted by Crippen LogP contribution is -2.29. The Morgan fingerprint density at radius 2 is 1.86 bits per heavy atom. The number of hydrogen-bond donors (Lipinski definition) is 2. The van der Waals surface area contributed by atoms with Gasteiger partial charge in [-0.15, -0.1) is 0 Å². The van der Waals surface area contributed by atoms with Gasteiger partial charge >= 0.3 is 0 Å². The van der Waals surface area contributed by atoms with Gasteiger partial charge < -0.3 is 5.32 Å². The van der Waals surface area contributed by atoms with Crippen molar-refractivity contribution in [1.82, 2.24) is 34.2 Å². The number of aryl methyl sites for hydroxylation is 1. The molecule has 190 valence electrons. The SMILES string of the molecule is CNSc1ccc(CNc2nc3cnc(-c4c(C)ncnc4C4CC4)nc3n([C@@H](C)C3CC3)c2=O)cc1. The number of hydrogen-bond acceptors (Lipinski definition) is 9. The summed E-state index contributed by atoms with van der Waals surface area (Å²) in [6.45, 7) is 4.57. The highest BCUT2D eigenvalue weighted by Crippen LogP contribution is 2.43. The van der Waals surface area contributed by atoms with Gasteiger partial charge in [-0.1, -0.05) is 12.1 Å². The molecule has 0 radical (unpaired) electrons. The normalized spacial score (nSPS) is 16.2. The molecule has 0 unspecified atom stereocenters. The highest BCUT2D eigenvalue weighted by Gasteiger charge is 2.33. The molecule has 37 heavy (non-hydrogen) atoms. The maximum atomic E-state index is 13.8. The van der Waals surface area contributed by atoms with Gasteiger partial charge in [0.2, 0.25) is 0 Å². The second-order valence-electron chi connectivity index (χ2n) is 9.91. The van der Waals surface area contributed by atoms with Gasteiger partial charge in [0.1, 0.15) is 11.8 Å². The van der Waals surface area contributed by atoms with Crippen LogP contribution in [0.25, 0.3) is 22.6 Å². The zero-order chi connectivity index (χ0) is 25.5. The van der Waals surface area contributed by atoms with E-state index >= 15 is 0 Å². The van der Waals surface area contributed by atoms with Crippen LogP contribution in [0.4, 0.5) is 5.82 Å². The molecule has 0 amide bonds. The van der Waals surface area contributed by atoms with E-state index in [2.05, 4.69) is 61.2 Å². The van der Waals surface area contributed by atoms with Gasteiger partial charge in [-0.2, -0.15) is 0 Å². The molecule has 0 aliphatic heterocycles. The van der Waals surface area contributed by atoms with E-state index < -0.39 is 0 Å². The smallest absolute Gasteiger partial charge is 0.295 e. The largest absolute Gasteiger partial charge is 0.361 e. The average Bonchev–Trinajstić information content (AvgIpc) is 3.82. The van der Waals surface area contributed by atoms with E-state index in [4.69, 9.17) is 4.98 Å². The number of fused-ring (bicyclic) bond motifs is 1. The first-order chi connectivity index (χ1) is 18.0. The van der Waals surface area contributed by atoms with E-state index in [1.54, 1.807) is 24.5 Å². The molecule has 6 rings (SSSR count). The third-order valence-electron chi connectivity index (χ3n) is 7.20. The Labute approximate surface area is 219 Å². The monoisotopic (exact) mass is 514 g/mol. The molecule has 3 heterocycles. The maximum absolute atomic E-state index is 13.8. The lowest BCUT2D eigenvalue weighted by atomic mass is 10.1. The molecular formula is C27H30N8OS. The Hall–Kier alpha value is -3.37. The fourth-order valence-electron chi connectivity index (χ4n) is 4.82. The molecule has 1 atom stereocenters. The minimum Gasteiger partial charge on any atom is -0.361 e. The molecule has 0 bridgehead atoms. The number of anilines is 1. The molecular weight excluding hydrogens is 484 g/mol. The predicted molar refractivity (Wildman–Crippen MR) is 145 cm³/mol. The molecule has 2 saturated carbocycles. The molecule has 0 spiro atoms. The van der Waals surface area contributed by atoms with Crippen molar-refractivity contribution >= 4 is 28.9 Å². The van der Waals surface area contributed by atoms with Crippen molar-refractivity contribution < 1.29 is 0 Å². The number of rotatable bonds is 9. The zero-order valence-corrected chi connectivity index (χ0v) is 22.0. The molecule has 10 heteroatoms. The van der Waals surface area contributed by atoms with Crippen molar-refractivity contribution in [2.24, 2.45) is 5.92 Å². The maximum Gasteiger partial charge on any atom is 0.295 e. The van der Waals surface area contributed by atoms with Crippen LogP contribution < -0.4 is 15.6 Å². The van der Waals surface area contributed by atoms with Crippen molar-refractivity contribution in [2.45, 2.75) is 62.9 Å². The van der Waals surface area contributed by atoms with Crippen LogP contribution in [0.3, 0.4) is 0 Å². The number of aromatic nitrogens is 6. The summed E-state index contributed by atoms with van der Waals surface area (Å²) in [5.41, 5.74) is 4.82. The number of benzene rings is 1. The molecule has 2 aliphatic rings. The van der Waals surface area contributed by atoms with Crippen LogP contribution in [-0.2, 0) is 6.54 Å².